The highest BCUT2D eigenvalue weighted by Crippen LogP contribution is 2.26. The van der Waals surface area contributed by atoms with E-state index < -0.39 is 0 Å². The van der Waals surface area contributed by atoms with Gasteiger partial charge in [-0.25, -0.2) is 9.50 Å². The number of nitrogens with zero attached hydrogens (tertiary/aromatic N) is 4. The first-order chi connectivity index (χ1) is 19.7. The number of hydrogen-bond donors (Lipinski definition) is 0. The van der Waals surface area contributed by atoms with E-state index in [0.717, 1.165) is 46.2 Å². The van der Waals surface area contributed by atoms with Crippen LogP contribution in [0.3, 0.4) is 0 Å². The molecule has 0 atom stereocenters. The molecule has 0 amide bonds. The molecule has 6 rings (SSSR count). The van der Waals surface area contributed by atoms with Gasteiger partial charge in [0.05, 0.1) is 12.8 Å². The van der Waals surface area contributed by atoms with Crippen LogP contribution in [-0.2, 0) is 19.4 Å². The Kier molecular flexibility index (Phi) is 8.05. The molecule has 0 spiro atoms. The Morgan fingerprint density at radius 3 is 2.40 bits per heavy atom. The van der Waals surface area contributed by atoms with Crippen molar-refractivity contribution in [2.75, 3.05) is 26.7 Å². The number of pyridine rings is 1. The fourth-order valence-electron chi connectivity index (χ4n) is 5.44. The van der Waals surface area contributed by atoms with Crippen molar-refractivity contribution in [3.8, 4) is 22.8 Å². The fraction of sp³-hybridized carbons (Fsp3) is 0.294. The van der Waals surface area contributed by atoms with Gasteiger partial charge in [-0.05, 0) is 98.4 Å². The van der Waals surface area contributed by atoms with Crippen LogP contribution in [0.1, 0.15) is 41.8 Å². The number of aromatic nitrogens is 3. The number of methoxy groups -OCH3 is 1. The number of likely N-dealkylation sites (tertiary alicyclic amines) is 1. The predicted octanol–water partition coefficient (Wildman–Crippen LogP) is 6.60. The molecule has 1 aliphatic heterocycles. The van der Waals surface area contributed by atoms with Crippen LogP contribution < -0.4 is 9.47 Å². The minimum Gasteiger partial charge on any atom is -0.497 e. The van der Waals surface area contributed by atoms with Gasteiger partial charge < -0.3 is 14.4 Å². The van der Waals surface area contributed by atoms with Crippen molar-refractivity contribution in [3.05, 3.63) is 114 Å². The molecular weight excluding hydrogens is 496 g/mol. The fourth-order valence-corrected chi connectivity index (χ4v) is 5.44. The van der Waals surface area contributed by atoms with Gasteiger partial charge >= 0.3 is 0 Å². The van der Waals surface area contributed by atoms with E-state index in [1.807, 2.05) is 53.0 Å². The number of benzene rings is 3. The summed E-state index contributed by atoms with van der Waals surface area (Å²) in [6.45, 7) is 4.23. The normalized spacial score (nSPS) is 13.6. The molecule has 3 aromatic carbocycles. The number of rotatable bonds is 11. The molecule has 0 unspecified atom stereocenters. The third-order valence-corrected chi connectivity index (χ3v) is 7.60. The highest BCUT2D eigenvalue weighted by Gasteiger charge is 2.12. The molecular formula is C34H36N4O2. The van der Waals surface area contributed by atoms with Gasteiger partial charge in [0.25, 0.3) is 0 Å². The highest BCUT2D eigenvalue weighted by atomic mass is 16.5. The van der Waals surface area contributed by atoms with Crippen LogP contribution in [-0.4, -0.2) is 46.2 Å². The van der Waals surface area contributed by atoms with Crippen LogP contribution in [0.2, 0.25) is 0 Å². The van der Waals surface area contributed by atoms with E-state index in [0.29, 0.717) is 13.0 Å². The molecule has 0 bridgehead atoms. The molecule has 0 radical (unpaired) electrons. The van der Waals surface area contributed by atoms with Crippen molar-refractivity contribution in [3.63, 3.8) is 0 Å². The maximum Gasteiger partial charge on any atom is 0.156 e. The lowest BCUT2D eigenvalue weighted by Crippen LogP contribution is -2.20. The Balaban J connectivity index is 1.12. The Morgan fingerprint density at radius 1 is 0.775 bits per heavy atom. The van der Waals surface area contributed by atoms with E-state index in [1.165, 1.54) is 50.0 Å². The highest BCUT2D eigenvalue weighted by molar-refractivity contribution is 5.64. The van der Waals surface area contributed by atoms with Crippen LogP contribution in [0.25, 0.3) is 16.9 Å². The predicted molar refractivity (Wildman–Crippen MR) is 159 cm³/mol. The zero-order valence-corrected chi connectivity index (χ0v) is 23.1. The molecule has 0 aliphatic carbocycles. The number of ether oxygens (including phenoxy) is 2. The van der Waals surface area contributed by atoms with Gasteiger partial charge in [0.1, 0.15) is 18.1 Å². The lowest BCUT2D eigenvalue weighted by molar-refractivity contribution is 0.305. The third kappa shape index (κ3) is 6.35. The van der Waals surface area contributed by atoms with Crippen molar-refractivity contribution in [1.82, 2.24) is 19.5 Å². The van der Waals surface area contributed by atoms with Crippen LogP contribution in [0.15, 0.2) is 91.0 Å². The van der Waals surface area contributed by atoms with Gasteiger partial charge in [-0.15, -0.1) is 0 Å². The third-order valence-electron chi connectivity index (χ3n) is 7.60. The van der Waals surface area contributed by atoms with Crippen LogP contribution in [0.5, 0.6) is 11.5 Å². The minimum absolute atomic E-state index is 0.468. The average molecular weight is 533 g/mol. The first kappa shape index (κ1) is 26.1. The summed E-state index contributed by atoms with van der Waals surface area (Å²) in [4.78, 5) is 7.41. The van der Waals surface area contributed by atoms with Crippen molar-refractivity contribution < 1.29 is 9.47 Å². The molecule has 5 aromatic rings. The SMILES string of the molecule is COc1cccc(COc2cccc(-c3cccc4nc(Cc5ccc(CCCN6CCCC6)cc5)nn34)c2)c1. The molecule has 1 fully saturated rings. The van der Waals surface area contributed by atoms with Crippen LogP contribution in [0, 0.1) is 0 Å². The zero-order chi connectivity index (χ0) is 27.1. The van der Waals surface area contributed by atoms with Crippen molar-refractivity contribution in [1.29, 1.82) is 0 Å². The summed E-state index contributed by atoms with van der Waals surface area (Å²) in [5.74, 6) is 2.45. The average Bonchev–Trinajstić information content (AvgIpc) is 3.67. The van der Waals surface area contributed by atoms with Gasteiger partial charge in [0.15, 0.2) is 11.5 Å². The van der Waals surface area contributed by atoms with Crippen molar-refractivity contribution in [2.45, 2.75) is 38.7 Å². The maximum absolute atomic E-state index is 6.11. The van der Waals surface area contributed by atoms with E-state index in [4.69, 9.17) is 19.6 Å². The van der Waals surface area contributed by atoms with Gasteiger partial charge in [-0.2, -0.15) is 5.10 Å². The summed E-state index contributed by atoms with van der Waals surface area (Å²) in [7, 11) is 1.67. The van der Waals surface area contributed by atoms with Crippen LogP contribution >= 0.6 is 0 Å². The summed E-state index contributed by atoms with van der Waals surface area (Å²) in [6, 6.07) is 31.1. The largest absolute Gasteiger partial charge is 0.497 e. The molecule has 1 aliphatic rings. The van der Waals surface area contributed by atoms with E-state index in [9.17, 15) is 0 Å². The Hall–Kier alpha value is -4.16. The molecule has 3 heterocycles. The van der Waals surface area contributed by atoms with E-state index in [-0.39, 0.29) is 0 Å². The second-order valence-electron chi connectivity index (χ2n) is 10.5. The molecule has 6 nitrogen and oxygen atoms in total. The van der Waals surface area contributed by atoms with Gasteiger partial charge in [0, 0.05) is 12.0 Å². The Labute approximate surface area is 236 Å². The lowest BCUT2D eigenvalue weighted by atomic mass is 10.1. The zero-order valence-electron chi connectivity index (χ0n) is 23.1. The minimum atomic E-state index is 0.468. The second-order valence-corrected chi connectivity index (χ2v) is 10.5. The standard InChI is InChI=1S/C34H36N4O2/c1-39-30-11-4-8-28(22-30)25-40-31-12-5-10-29(24-31)32-13-6-14-34-35-33(36-38(32)34)23-27-17-15-26(16-18-27)9-7-21-37-19-2-3-20-37/h4-6,8,10-18,22,24H,2-3,7,9,19-21,23,25H2,1H3. The molecule has 0 N–H and O–H groups in total. The molecule has 6 heteroatoms. The number of hydrogen-bond acceptors (Lipinski definition) is 5. The van der Waals surface area contributed by atoms with Gasteiger partial charge in [0.2, 0.25) is 0 Å². The summed E-state index contributed by atoms with van der Waals surface area (Å²) in [6.07, 6.45) is 5.79. The number of fused-ring (bicyclic) bond motifs is 1. The van der Waals surface area contributed by atoms with Crippen molar-refractivity contribution >= 4 is 5.65 Å². The summed E-state index contributed by atoms with van der Waals surface area (Å²) in [5, 5.41) is 4.89. The molecule has 1 saturated heterocycles. The summed E-state index contributed by atoms with van der Waals surface area (Å²) < 4.78 is 13.4. The first-order valence-corrected chi connectivity index (χ1v) is 14.2. The Morgan fingerprint density at radius 2 is 1.55 bits per heavy atom. The Bertz CT molecular complexity index is 1550. The maximum atomic E-state index is 6.11. The van der Waals surface area contributed by atoms with E-state index in [2.05, 4.69) is 47.4 Å². The smallest absolute Gasteiger partial charge is 0.156 e. The molecule has 204 valence electrons. The van der Waals surface area contributed by atoms with E-state index in [1.54, 1.807) is 7.11 Å². The summed E-state index contributed by atoms with van der Waals surface area (Å²) >= 11 is 0. The van der Waals surface area contributed by atoms with Crippen molar-refractivity contribution in [2.24, 2.45) is 0 Å². The van der Waals surface area contributed by atoms with Crippen LogP contribution in [0.4, 0.5) is 0 Å². The lowest BCUT2D eigenvalue weighted by Gasteiger charge is -2.13. The second kappa shape index (κ2) is 12.3. The van der Waals surface area contributed by atoms with Gasteiger partial charge in [-0.3, -0.25) is 0 Å². The van der Waals surface area contributed by atoms with E-state index >= 15 is 0 Å². The molecule has 2 aromatic heterocycles. The monoisotopic (exact) mass is 532 g/mol. The van der Waals surface area contributed by atoms with Gasteiger partial charge in [-0.1, -0.05) is 54.6 Å². The molecule has 0 saturated carbocycles. The first-order valence-electron chi connectivity index (χ1n) is 14.2. The number of aryl methyl sites for hydroxylation is 1. The topological polar surface area (TPSA) is 51.9 Å². The molecule has 40 heavy (non-hydrogen) atoms. The quantitative estimate of drug-likeness (QED) is 0.192. The summed E-state index contributed by atoms with van der Waals surface area (Å²) in [5.41, 5.74) is 6.55.